The number of hydrogen-bond acceptors (Lipinski definition) is 6. The van der Waals surface area contributed by atoms with E-state index in [0.29, 0.717) is 0 Å². The van der Waals surface area contributed by atoms with E-state index in [2.05, 4.69) is 23.5 Å². The van der Waals surface area contributed by atoms with E-state index < -0.39 is 10.2 Å². The molecule has 0 fully saturated rings. The monoisotopic (exact) mass is 350 g/mol. The maximum absolute atomic E-state index is 9.72. The molecule has 0 saturated heterocycles. The second-order valence-electron chi connectivity index (χ2n) is 5.65. The molecular weight excluding hydrogens is 316 g/mol. The molecular formula is C16H34N2O6. The predicted octanol–water partition coefficient (Wildman–Crippen LogP) is 5.11. The van der Waals surface area contributed by atoms with Gasteiger partial charge in [-0.05, 0) is 12.8 Å². The van der Waals surface area contributed by atoms with Gasteiger partial charge in [0.05, 0.1) is 13.2 Å². The first-order valence-electron chi connectivity index (χ1n) is 9.09. The molecule has 0 aliphatic rings. The van der Waals surface area contributed by atoms with E-state index in [1.54, 1.807) is 0 Å². The summed E-state index contributed by atoms with van der Waals surface area (Å²) in [5.74, 6) is 0. The quantitative estimate of drug-likeness (QED) is 0.217. The third kappa shape index (κ3) is 28.5. The van der Waals surface area contributed by atoms with Gasteiger partial charge in [0.1, 0.15) is 0 Å². The highest BCUT2D eigenvalue weighted by Crippen LogP contribution is 2.05. The summed E-state index contributed by atoms with van der Waals surface area (Å²) in [6, 6.07) is 0. The molecule has 0 atom stereocenters. The molecule has 0 spiro atoms. The van der Waals surface area contributed by atoms with Gasteiger partial charge in [0, 0.05) is 0 Å². The van der Waals surface area contributed by atoms with Crippen molar-refractivity contribution in [1.82, 2.24) is 0 Å². The van der Waals surface area contributed by atoms with Crippen LogP contribution in [0.25, 0.3) is 0 Å². The number of unbranched alkanes of at least 4 members (excludes halogenated alkanes) is 10. The summed E-state index contributed by atoms with van der Waals surface area (Å²) in [5.41, 5.74) is 0. The Kier molecular flexibility index (Phi) is 22.0. The number of nitrogens with zero attached hydrogens (tertiary/aromatic N) is 2. The van der Waals surface area contributed by atoms with Crippen molar-refractivity contribution in [3.8, 4) is 0 Å². The van der Waals surface area contributed by atoms with Gasteiger partial charge >= 0.3 is 0 Å². The van der Waals surface area contributed by atoms with Crippen LogP contribution in [0.4, 0.5) is 0 Å². The van der Waals surface area contributed by atoms with Crippen LogP contribution >= 0.6 is 0 Å². The van der Waals surface area contributed by atoms with Crippen molar-refractivity contribution >= 4 is 0 Å². The summed E-state index contributed by atoms with van der Waals surface area (Å²) in [6.07, 6.45) is 13.4. The van der Waals surface area contributed by atoms with Gasteiger partial charge in [-0.15, -0.1) is 20.2 Å². The van der Waals surface area contributed by atoms with Crippen LogP contribution in [0, 0.1) is 20.2 Å². The third-order valence-electron chi connectivity index (χ3n) is 3.39. The van der Waals surface area contributed by atoms with Crippen molar-refractivity contribution in [3.05, 3.63) is 20.2 Å². The van der Waals surface area contributed by atoms with Crippen LogP contribution in [-0.4, -0.2) is 23.4 Å². The van der Waals surface area contributed by atoms with Crippen molar-refractivity contribution in [2.45, 2.75) is 90.9 Å². The van der Waals surface area contributed by atoms with Crippen LogP contribution < -0.4 is 0 Å². The lowest BCUT2D eigenvalue weighted by molar-refractivity contribution is -0.757. The molecule has 0 bridgehead atoms. The molecule has 0 unspecified atom stereocenters. The summed E-state index contributed by atoms with van der Waals surface area (Å²) in [5, 5.41) is 18.0. The maximum atomic E-state index is 9.72. The largest absolute Gasteiger partial charge is 0.314 e. The van der Waals surface area contributed by atoms with Crippen LogP contribution in [0.2, 0.25) is 0 Å². The Morgan fingerprint density at radius 2 is 0.875 bits per heavy atom. The summed E-state index contributed by atoms with van der Waals surface area (Å²) in [7, 11) is 0. The van der Waals surface area contributed by atoms with Crippen LogP contribution in [0.5, 0.6) is 0 Å². The fourth-order valence-corrected chi connectivity index (χ4v) is 2.04. The van der Waals surface area contributed by atoms with Crippen molar-refractivity contribution in [3.63, 3.8) is 0 Å². The summed E-state index contributed by atoms with van der Waals surface area (Å²) < 4.78 is 0. The van der Waals surface area contributed by atoms with E-state index in [0.717, 1.165) is 38.5 Å². The zero-order valence-electron chi connectivity index (χ0n) is 15.2. The second kappa shape index (κ2) is 21.4. The van der Waals surface area contributed by atoms with Crippen molar-refractivity contribution in [2.75, 3.05) is 13.2 Å². The van der Waals surface area contributed by atoms with Crippen LogP contribution in [0.3, 0.4) is 0 Å². The van der Waals surface area contributed by atoms with Gasteiger partial charge in [-0.2, -0.15) is 0 Å². The molecule has 0 heterocycles. The Balaban J connectivity index is 0. The van der Waals surface area contributed by atoms with Gasteiger partial charge in [-0.25, -0.2) is 0 Å². The highest BCUT2D eigenvalue weighted by Gasteiger charge is 1.94. The van der Waals surface area contributed by atoms with Crippen molar-refractivity contribution in [2.24, 2.45) is 0 Å². The first-order valence-corrected chi connectivity index (χ1v) is 9.09. The van der Waals surface area contributed by atoms with E-state index in [9.17, 15) is 20.2 Å². The molecule has 0 aromatic heterocycles. The highest BCUT2D eigenvalue weighted by molar-refractivity contribution is 4.42. The molecule has 144 valence electrons. The average Bonchev–Trinajstić information content (AvgIpc) is 2.53. The topological polar surface area (TPSA) is 105 Å². The zero-order chi connectivity index (χ0) is 18.5. The van der Waals surface area contributed by atoms with Gasteiger partial charge in [0.15, 0.2) is 0 Å². The lowest BCUT2D eigenvalue weighted by Gasteiger charge is -1.99. The SMILES string of the molecule is CCCCCCCCO[N+](=O)[O-].CCCCCCCCO[N+](=O)[O-]. The zero-order valence-corrected chi connectivity index (χ0v) is 15.2. The fourth-order valence-electron chi connectivity index (χ4n) is 2.04. The standard InChI is InChI=1S/2C8H17NO3/c2*1-2-3-4-5-6-7-8-12-9(10)11/h2*2-8H2,1H3. The highest BCUT2D eigenvalue weighted by atomic mass is 17.0. The average molecular weight is 350 g/mol. The molecule has 0 aromatic carbocycles. The molecule has 0 aliphatic heterocycles. The second-order valence-corrected chi connectivity index (χ2v) is 5.65. The van der Waals surface area contributed by atoms with Crippen LogP contribution in [0.1, 0.15) is 90.9 Å². The normalized spacial score (nSPS) is 9.75. The Hall–Kier alpha value is -1.60. The first kappa shape index (κ1) is 24.6. The Labute approximate surface area is 145 Å². The Morgan fingerprint density at radius 1 is 0.583 bits per heavy atom. The van der Waals surface area contributed by atoms with Crippen LogP contribution in [0.15, 0.2) is 0 Å². The molecule has 0 amide bonds. The van der Waals surface area contributed by atoms with E-state index >= 15 is 0 Å². The Bertz CT molecular complexity index is 262. The van der Waals surface area contributed by atoms with Crippen LogP contribution in [-0.2, 0) is 9.68 Å². The predicted molar refractivity (Wildman–Crippen MR) is 92.6 cm³/mol. The lowest BCUT2D eigenvalue weighted by Crippen LogP contribution is -2.01. The number of hydrogen-bond donors (Lipinski definition) is 0. The molecule has 0 saturated carbocycles. The van der Waals surface area contributed by atoms with Crippen molar-refractivity contribution in [1.29, 1.82) is 0 Å². The summed E-state index contributed by atoms with van der Waals surface area (Å²) in [6.45, 7) is 4.82. The third-order valence-corrected chi connectivity index (χ3v) is 3.39. The minimum atomic E-state index is -0.730. The first-order chi connectivity index (χ1) is 11.5. The molecule has 0 aromatic rings. The summed E-state index contributed by atoms with van der Waals surface area (Å²) >= 11 is 0. The molecule has 0 rings (SSSR count). The van der Waals surface area contributed by atoms with Gasteiger partial charge < -0.3 is 9.68 Å². The van der Waals surface area contributed by atoms with Gasteiger partial charge in [-0.1, -0.05) is 78.1 Å². The Morgan fingerprint density at radius 3 is 1.17 bits per heavy atom. The minimum absolute atomic E-state index is 0.249. The van der Waals surface area contributed by atoms with E-state index in [1.165, 1.54) is 38.5 Å². The smallest absolute Gasteiger partial charge is 0.294 e. The molecule has 8 heteroatoms. The molecule has 0 N–H and O–H groups in total. The fraction of sp³-hybridized carbons (Fsp3) is 1.00. The van der Waals surface area contributed by atoms with Crippen molar-refractivity contribution < 1.29 is 19.8 Å². The lowest BCUT2D eigenvalue weighted by atomic mass is 10.1. The van der Waals surface area contributed by atoms with Gasteiger partial charge in [0.2, 0.25) is 0 Å². The molecule has 0 radical (unpaired) electrons. The molecule has 0 aliphatic carbocycles. The van der Waals surface area contributed by atoms with E-state index in [1.807, 2.05) is 0 Å². The van der Waals surface area contributed by atoms with Gasteiger partial charge in [-0.3, -0.25) is 0 Å². The maximum Gasteiger partial charge on any atom is 0.294 e. The summed E-state index contributed by atoms with van der Waals surface area (Å²) in [4.78, 5) is 27.8. The molecule has 8 nitrogen and oxygen atoms in total. The van der Waals surface area contributed by atoms with E-state index in [4.69, 9.17) is 0 Å². The van der Waals surface area contributed by atoms with Gasteiger partial charge in [0.25, 0.3) is 10.2 Å². The molecule has 24 heavy (non-hydrogen) atoms. The minimum Gasteiger partial charge on any atom is -0.314 e. The number of rotatable bonds is 16. The van der Waals surface area contributed by atoms with E-state index in [-0.39, 0.29) is 13.2 Å².